The van der Waals surface area contributed by atoms with Gasteiger partial charge in [0.1, 0.15) is 5.75 Å². The summed E-state index contributed by atoms with van der Waals surface area (Å²) in [5.74, 6) is -2.73. The van der Waals surface area contributed by atoms with Gasteiger partial charge < -0.3 is 20.3 Å². The monoisotopic (exact) mass is 373 g/mol. The molecule has 2 rings (SSSR count). The lowest BCUT2D eigenvalue weighted by Gasteiger charge is -2.14. The molecule has 6 heteroatoms. The fourth-order valence-corrected chi connectivity index (χ4v) is 2.39. The number of benzene rings is 2. The molecule has 1 atom stereocenters. The number of methoxy groups -OCH3 is 1. The van der Waals surface area contributed by atoms with Crippen LogP contribution >= 0.6 is 0 Å². The van der Waals surface area contributed by atoms with Gasteiger partial charge in [-0.1, -0.05) is 42.5 Å². The molecular formula is C21H27NO5. The Hall–Kier alpha value is -2.86. The van der Waals surface area contributed by atoms with Crippen LogP contribution in [0.1, 0.15) is 24.5 Å². The zero-order chi connectivity index (χ0) is 20.1. The van der Waals surface area contributed by atoms with Crippen LogP contribution in [0.2, 0.25) is 0 Å². The topological polar surface area (TPSA) is 95.9 Å². The van der Waals surface area contributed by atoms with Gasteiger partial charge in [-0.25, -0.2) is 9.59 Å². The van der Waals surface area contributed by atoms with E-state index in [4.69, 9.17) is 24.5 Å². The fourth-order valence-electron chi connectivity index (χ4n) is 2.39. The molecule has 0 amide bonds. The number of hydrogen-bond donors (Lipinski definition) is 3. The third-order valence-electron chi connectivity index (χ3n) is 3.96. The molecule has 0 saturated heterocycles. The molecule has 27 heavy (non-hydrogen) atoms. The Kier molecular flexibility index (Phi) is 10.3. The minimum absolute atomic E-state index is 0.545. The Labute approximate surface area is 159 Å². The van der Waals surface area contributed by atoms with Gasteiger partial charge in [0.15, 0.2) is 0 Å². The minimum Gasteiger partial charge on any atom is -0.497 e. The third kappa shape index (κ3) is 10.0. The Morgan fingerprint density at radius 1 is 0.926 bits per heavy atom. The van der Waals surface area contributed by atoms with Crippen molar-refractivity contribution in [3.63, 3.8) is 0 Å². The van der Waals surface area contributed by atoms with Crippen molar-refractivity contribution >= 4 is 11.9 Å². The maximum Gasteiger partial charge on any atom is 0.414 e. The highest BCUT2D eigenvalue weighted by Gasteiger charge is 2.04. The summed E-state index contributed by atoms with van der Waals surface area (Å²) < 4.78 is 5.17. The Morgan fingerprint density at radius 3 is 2.00 bits per heavy atom. The molecule has 0 fully saturated rings. The van der Waals surface area contributed by atoms with Gasteiger partial charge >= 0.3 is 11.9 Å². The number of carboxylic acid groups (broad SMARTS) is 2. The van der Waals surface area contributed by atoms with Crippen LogP contribution in [0, 0.1) is 0 Å². The maximum absolute atomic E-state index is 9.10. The first-order chi connectivity index (χ1) is 12.9. The normalized spacial score (nSPS) is 11.0. The Bertz CT molecular complexity index is 673. The fraction of sp³-hybridized carbons (Fsp3) is 0.333. The molecule has 0 aliphatic heterocycles. The highest BCUT2D eigenvalue weighted by molar-refractivity contribution is 6.27. The summed E-state index contributed by atoms with van der Waals surface area (Å²) in [7, 11) is 1.70. The van der Waals surface area contributed by atoms with E-state index in [9.17, 15) is 0 Å². The number of hydrogen-bond acceptors (Lipinski definition) is 4. The lowest BCUT2D eigenvalue weighted by molar-refractivity contribution is -0.159. The molecule has 0 spiro atoms. The average molecular weight is 373 g/mol. The quantitative estimate of drug-likeness (QED) is 0.616. The predicted molar refractivity (Wildman–Crippen MR) is 104 cm³/mol. The number of nitrogens with one attached hydrogen (secondary N) is 1. The largest absolute Gasteiger partial charge is 0.497 e. The van der Waals surface area contributed by atoms with Crippen LogP contribution in [0.3, 0.4) is 0 Å². The number of aliphatic carboxylic acids is 2. The van der Waals surface area contributed by atoms with Gasteiger partial charge in [-0.05, 0) is 56.0 Å². The van der Waals surface area contributed by atoms with E-state index < -0.39 is 11.9 Å². The van der Waals surface area contributed by atoms with Crippen molar-refractivity contribution in [1.82, 2.24) is 5.32 Å². The zero-order valence-corrected chi connectivity index (χ0v) is 15.7. The van der Waals surface area contributed by atoms with E-state index in [1.807, 2.05) is 12.1 Å². The van der Waals surface area contributed by atoms with Crippen LogP contribution < -0.4 is 10.1 Å². The van der Waals surface area contributed by atoms with Crippen LogP contribution in [0.4, 0.5) is 0 Å². The summed E-state index contributed by atoms with van der Waals surface area (Å²) in [6, 6.07) is 19.5. The number of rotatable bonds is 8. The molecule has 2 aromatic carbocycles. The lowest BCUT2D eigenvalue weighted by atomic mass is 10.1. The SMILES string of the molecule is COc1ccc(CCNC(C)CCc2ccccc2)cc1.O=C(O)C(=O)O. The van der Waals surface area contributed by atoms with Crippen molar-refractivity contribution < 1.29 is 24.5 Å². The molecule has 0 heterocycles. The van der Waals surface area contributed by atoms with E-state index in [0.717, 1.165) is 25.1 Å². The predicted octanol–water partition coefficient (Wildman–Crippen LogP) is 3.00. The summed E-state index contributed by atoms with van der Waals surface area (Å²) in [5, 5.41) is 18.4. The maximum atomic E-state index is 9.10. The zero-order valence-electron chi connectivity index (χ0n) is 15.7. The summed E-state index contributed by atoms with van der Waals surface area (Å²) in [6.07, 6.45) is 3.36. The van der Waals surface area contributed by atoms with Gasteiger partial charge in [0.05, 0.1) is 7.11 Å². The number of aryl methyl sites for hydroxylation is 1. The average Bonchev–Trinajstić information content (AvgIpc) is 2.68. The second-order valence-electron chi connectivity index (χ2n) is 6.09. The Morgan fingerprint density at radius 2 is 1.48 bits per heavy atom. The van der Waals surface area contributed by atoms with Gasteiger partial charge in [-0.2, -0.15) is 0 Å². The minimum atomic E-state index is -1.82. The van der Waals surface area contributed by atoms with Gasteiger partial charge in [0.25, 0.3) is 0 Å². The van der Waals surface area contributed by atoms with Gasteiger partial charge in [0, 0.05) is 6.04 Å². The van der Waals surface area contributed by atoms with Crippen LogP contribution in [0.25, 0.3) is 0 Å². The second kappa shape index (κ2) is 12.5. The molecular weight excluding hydrogens is 346 g/mol. The molecule has 0 radical (unpaired) electrons. The van der Waals surface area contributed by atoms with Crippen LogP contribution in [0.15, 0.2) is 54.6 Å². The highest BCUT2D eigenvalue weighted by atomic mass is 16.5. The number of ether oxygens (including phenoxy) is 1. The summed E-state index contributed by atoms with van der Waals surface area (Å²) >= 11 is 0. The molecule has 0 aliphatic carbocycles. The third-order valence-corrected chi connectivity index (χ3v) is 3.96. The molecule has 146 valence electrons. The first-order valence-corrected chi connectivity index (χ1v) is 8.78. The van der Waals surface area contributed by atoms with Crippen molar-refractivity contribution in [1.29, 1.82) is 0 Å². The Balaban J connectivity index is 0.000000527. The van der Waals surface area contributed by atoms with Crippen molar-refractivity contribution in [3.8, 4) is 5.75 Å². The van der Waals surface area contributed by atoms with E-state index in [2.05, 4.69) is 54.7 Å². The smallest absolute Gasteiger partial charge is 0.414 e. The standard InChI is InChI=1S/C19H25NO.C2H2O4/c1-16(8-9-17-6-4-3-5-7-17)20-15-14-18-10-12-19(21-2)13-11-18;3-1(4)2(5)6/h3-7,10-13,16,20H,8-9,14-15H2,1-2H3;(H,3,4)(H,5,6). The van der Waals surface area contributed by atoms with E-state index >= 15 is 0 Å². The molecule has 6 nitrogen and oxygen atoms in total. The van der Waals surface area contributed by atoms with E-state index in [1.54, 1.807) is 7.11 Å². The lowest BCUT2D eigenvalue weighted by Crippen LogP contribution is -2.28. The van der Waals surface area contributed by atoms with Gasteiger partial charge in [-0.3, -0.25) is 0 Å². The van der Waals surface area contributed by atoms with Crippen molar-refractivity contribution in [2.45, 2.75) is 32.2 Å². The summed E-state index contributed by atoms with van der Waals surface area (Å²) in [5.41, 5.74) is 2.76. The summed E-state index contributed by atoms with van der Waals surface area (Å²) in [4.78, 5) is 18.2. The molecule has 3 N–H and O–H groups in total. The van der Waals surface area contributed by atoms with E-state index in [0.29, 0.717) is 6.04 Å². The van der Waals surface area contributed by atoms with Crippen LogP contribution in [0.5, 0.6) is 5.75 Å². The van der Waals surface area contributed by atoms with E-state index in [1.165, 1.54) is 17.5 Å². The number of carboxylic acids is 2. The van der Waals surface area contributed by atoms with Crippen molar-refractivity contribution in [2.75, 3.05) is 13.7 Å². The second-order valence-corrected chi connectivity index (χ2v) is 6.09. The van der Waals surface area contributed by atoms with Crippen molar-refractivity contribution in [2.24, 2.45) is 0 Å². The molecule has 2 aromatic rings. The van der Waals surface area contributed by atoms with Crippen molar-refractivity contribution in [3.05, 3.63) is 65.7 Å². The molecule has 0 bridgehead atoms. The number of carbonyl (C=O) groups is 2. The first kappa shape index (κ1) is 22.2. The molecule has 0 aliphatic rings. The first-order valence-electron chi connectivity index (χ1n) is 8.78. The summed E-state index contributed by atoms with van der Waals surface area (Å²) in [6.45, 7) is 3.28. The van der Waals surface area contributed by atoms with Crippen LogP contribution in [-0.4, -0.2) is 41.8 Å². The van der Waals surface area contributed by atoms with Gasteiger partial charge in [0.2, 0.25) is 0 Å². The molecule has 0 aromatic heterocycles. The van der Waals surface area contributed by atoms with E-state index in [-0.39, 0.29) is 0 Å². The van der Waals surface area contributed by atoms with Crippen LogP contribution in [-0.2, 0) is 22.4 Å². The molecule has 1 unspecified atom stereocenters. The molecule has 0 saturated carbocycles. The van der Waals surface area contributed by atoms with Gasteiger partial charge in [-0.15, -0.1) is 0 Å². The highest BCUT2D eigenvalue weighted by Crippen LogP contribution is 2.11.